The number of hydrogen-bond donors (Lipinski definition) is 24. The van der Waals surface area contributed by atoms with Crippen LogP contribution in [-0.2, 0) is 68.4 Å². The molecular weight excluding hydrogens is 1720 g/mol. The van der Waals surface area contributed by atoms with Gasteiger partial charge in [-0.3, -0.25) is 28.8 Å². The Morgan fingerprint density at radius 1 is 0.484 bits per heavy atom. The van der Waals surface area contributed by atoms with Gasteiger partial charge in [-0.05, 0) is 126 Å². The van der Waals surface area contributed by atoms with E-state index < -0.39 is 329 Å². The van der Waals surface area contributed by atoms with E-state index in [0.29, 0.717) is 0 Å². The maximum absolute atomic E-state index is 17.0. The Bertz CT molecular complexity index is 5390. The number of amides is 6. The largest absolute Gasteiger partial charge is 0.508 e. The molecule has 128 heavy (non-hydrogen) atoms. The topological polar surface area (TPSA) is 678 Å². The summed E-state index contributed by atoms with van der Waals surface area (Å²) in [4.78, 5) is 112. The fourth-order valence-electron chi connectivity index (χ4n) is 16.0. The monoisotopic (exact) mass is 1810 g/mol. The molecule has 26 N–H and O–H groups in total. The second-order valence-corrected chi connectivity index (χ2v) is 32.1. The molecule has 27 atom stereocenters. The second kappa shape index (κ2) is 37.3. The molecule has 0 spiro atoms. The van der Waals surface area contributed by atoms with Gasteiger partial charge in [0.2, 0.25) is 60.1 Å². The first-order valence-corrected chi connectivity index (χ1v) is 40.5. The van der Waals surface area contributed by atoms with E-state index in [0.717, 1.165) is 73.8 Å². The van der Waals surface area contributed by atoms with Crippen LogP contribution in [0.5, 0.6) is 69.0 Å². The van der Waals surface area contributed by atoms with Crippen LogP contribution in [0.25, 0.3) is 11.1 Å². The fraction of sp³-hybridized carbons (Fsp3) is 0.417. The normalized spacial score (nSPS) is 32.5. The maximum Gasteiger partial charge on any atom is 0.333 e. The number of fused-ring (bicyclic) bond motifs is 14. The van der Waals surface area contributed by atoms with Crippen molar-refractivity contribution in [3.8, 4) is 80.1 Å². The van der Waals surface area contributed by atoms with E-state index in [1.165, 1.54) is 62.4 Å². The van der Waals surface area contributed by atoms with Gasteiger partial charge in [0.05, 0.1) is 44.2 Å². The molecule has 10 aliphatic rings. The third-order valence-corrected chi connectivity index (χ3v) is 23.5. The van der Waals surface area contributed by atoms with Crippen molar-refractivity contribution in [2.75, 3.05) is 26.9 Å². The number of carbonyl (C=O) groups is 7. The number of ether oxygens (including phenoxy) is 12. The second-order valence-electron chi connectivity index (χ2n) is 31.7. The highest BCUT2D eigenvalue weighted by atomic mass is 35.5. The number of hydrogen-bond acceptors (Lipinski definition) is 37. The molecule has 44 heteroatoms. The average molecular weight is 1810 g/mol. The minimum atomic E-state index is -2.49. The van der Waals surface area contributed by atoms with E-state index >= 15 is 24.0 Å². The quantitative estimate of drug-likeness (QED) is 0.0542. The van der Waals surface area contributed by atoms with Crippen LogP contribution in [0.2, 0.25) is 5.02 Å². The lowest BCUT2D eigenvalue weighted by atomic mass is 9.89. The van der Waals surface area contributed by atoms with E-state index in [1.54, 1.807) is 0 Å². The molecule has 4 fully saturated rings. The van der Waals surface area contributed by atoms with Crippen molar-refractivity contribution in [3.63, 3.8) is 0 Å². The Balaban J connectivity index is 0.991. The minimum Gasteiger partial charge on any atom is -0.508 e. The SMILES string of the molecule is COC(=O)C1NC(=O)C2NC(=O)C(NC(=O)C3NC(=O)C4NC(=O)C(Cc5ccc(cc5)Oc5cc3cc(c5OC3O[C@H](CO)[C@@H](O)[C@H](O)[C@H]3O)Oc3ccc(cc3Cl)C2OC2C[C@@H](N)[C@H](O)[C@@H](C)O2)NC(=O)C(N)c2ccc(O)c(c2)Oc2cc4cc(OC3O[C@H](CO)[C@@H](O)[C@H](O)[C@@H]3O)c2C)c2ccc(O)c(c2)-c2c(OC3O[C@H](CO)[C@@H](O)[C@H](O)[C@@H]3O)cc(O)cc21. The number of benzene rings is 7. The summed E-state index contributed by atoms with van der Waals surface area (Å²) in [6.07, 6.45) is -36.8. The van der Waals surface area contributed by atoms with Gasteiger partial charge in [0.25, 0.3) is 0 Å². The number of rotatable bonds is 12. The third-order valence-electron chi connectivity index (χ3n) is 23.2. The highest BCUT2D eigenvalue weighted by Crippen LogP contribution is 2.51. The van der Waals surface area contributed by atoms with Crippen molar-refractivity contribution in [3.05, 3.63) is 165 Å². The molecule has 17 rings (SSSR count). The predicted octanol–water partition coefficient (Wildman–Crippen LogP) is -3.01. The Kier molecular flexibility index (Phi) is 26.6. The summed E-state index contributed by atoms with van der Waals surface area (Å²) in [6, 6.07) is 5.44. The van der Waals surface area contributed by atoms with Crippen LogP contribution in [0.4, 0.5) is 0 Å². The summed E-state index contributed by atoms with van der Waals surface area (Å²) >= 11 is 7.40. The molecular formula is C84H91ClN8O35. The van der Waals surface area contributed by atoms with Gasteiger partial charge in [0.15, 0.2) is 35.3 Å². The fourth-order valence-corrected chi connectivity index (χ4v) is 16.3. The number of phenolic OH excluding ortho intramolecular Hbond substituents is 3. The molecule has 17 bridgehead atoms. The molecule has 10 aliphatic heterocycles. The minimum absolute atomic E-state index is 0.00352. The number of methoxy groups -OCH3 is 1. The molecule has 0 aliphatic carbocycles. The average Bonchev–Trinajstić information content (AvgIpc) is 0.741. The lowest BCUT2D eigenvalue weighted by Gasteiger charge is -2.40. The molecule has 12 unspecified atom stereocenters. The zero-order valence-corrected chi connectivity index (χ0v) is 68.3. The number of halogens is 1. The Morgan fingerprint density at radius 3 is 1.60 bits per heavy atom. The number of esters is 1. The Labute approximate surface area is 729 Å². The smallest absolute Gasteiger partial charge is 0.333 e. The highest BCUT2D eigenvalue weighted by Gasteiger charge is 2.51. The molecule has 0 aromatic heterocycles. The summed E-state index contributed by atoms with van der Waals surface area (Å²) in [5.74, 6) is -16.1. The number of nitrogens with two attached hydrogens (primary N) is 2. The first-order chi connectivity index (χ1) is 61.0. The zero-order valence-electron chi connectivity index (χ0n) is 67.5. The maximum atomic E-state index is 17.0. The van der Waals surface area contributed by atoms with Gasteiger partial charge in [-0.25, -0.2) is 4.79 Å². The van der Waals surface area contributed by atoms with Crippen molar-refractivity contribution in [2.45, 2.75) is 192 Å². The van der Waals surface area contributed by atoms with Gasteiger partial charge in [-0.2, -0.15) is 0 Å². The highest BCUT2D eigenvalue weighted by molar-refractivity contribution is 6.32. The first-order valence-electron chi connectivity index (χ1n) is 40.1. The summed E-state index contributed by atoms with van der Waals surface area (Å²) < 4.78 is 74.5. The predicted molar refractivity (Wildman–Crippen MR) is 429 cm³/mol. The van der Waals surface area contributed by atoms with Gasteiger partial charge in [-0.1, -0.05) is 41.9 Å². The van der Waals surface area contributed by atoms with Crippen molar-refractivity contribution in [1.82, 2.24) is 31.9 Å². The van der Waals surface area contributed by atoms with Crippen LogP contribution < -0.4 is 71.8 Å². The Morgan fingerprint density at radius 2 is 1.01 bits per heavy atom. The number of nitrogens with one attached hydrogen (secondary N) is 6. The van der Waals surface area contributed by atoms with Crippen LogP contribution in [0.15, 0.2) is 115 Å². The van der Waals surface area contributed by atoms with Gasteiger partial charge in [-0.15, -0.1) is 0 Å². The number of phenols is 3. The van der Waals surface area contributed by atoms with E-state index in [4.69, 9.17) is 79.9 Å². The lowest BCUT2D eigenvalue weighted by Crippen LogP contribution is -2.60. The van der Waals surface area contributed by atoms with Crippen molar-refractivity contribution >= 4 is 53.0 Å². The standard InChI is InChI=1S/C84H91ClN8O35/c1-28-46-18-34(19-47(28)122-82-70(107)67(104)64(101)52(25-94)124-82)59-78(113)91-60-35-20-50(119-37-9-4-30(5-10-37)14-42(75(110)89-59)88-76(111)57(87)31-6-12-44(99)48(17-31)121-46)74(128-84-72(109)69(106)66(103)54(27-96)126-84)51(21-35)120-45-13-8-33(16-40(45)85)73(127-55-24-41(86)63(100)29(2)118-55)62-80(115)92-61(81(116)117-3)39-22-36(97)23-49(123-83-71(108)68(105)65(102)53(26-95)125-83)56(39)38-15-32(7-11-43(38)98)58(77(112)93-62)90-79(60)114/h4-13,15-23,29,41-42,52-55,57-73,82-84,94-109H,14,24-27,86-87H2,1-3H3,(H,88,111)(H,89,110)(H,90,114)(H,91,113)(H,92,115)(H,93,112)/t29-,41-,42?,52-,53-,54-,55?,57?,58?,59?,60?,61?,62?,63-,64-,65-,66-,67+,68+,69+,70+,71+,72-,73?,82?,83?,84?/m1/s1. The van der Waals surface area contributed by atoms with E-state index in [-0.39, 0.29) is 40.2 Å². The Hall–Kier alpha value is -11.5. The van der Waals surface area contributed by atoms with Crippen molar-refractivity contribution in [2.24, 2.45) is 11.5 Å². The van der Waals surface area contributed by atoms with Crippen LogP contribution in [-0.4, -0.2) is 279 Å². The van der Waals surface area contributed by atoms with E-state index in [2.05, 4.69) is 31.9 Å². The number of aliphatic hydroxyl groups excluding tert-OH is 13. The molecule has 0 saturated carbocycles. The van der Waals surface area contributed by atoms with Crippen LogP contribution in [0.1, 0.15) is 94.2 Å². The molecule has 7 aromatic rings. The first kappa shape index (κ1) is 91.3. The van der Waals surface area contributed by atoms with E-state index in [1.807, 2.05) is 0 Å². The number of aromatic hydroxyl groups is 3. The molecule has 0 radical (unpaired) electrons. The van der Waals surface area contributed by atoms with E-state index in [9.17, 15) is 91.3 Å². The number of aliphatic hydroxyl groups is 13. The molecule has 6 amide bonds. The number of carbonyl (C=O) groups excluding carboxylic acids is 7. The van der Waals surface area contributed by atoms with Crippen LogP contribution in [0, 0.1) is 6.92 Å². The van der Waals surface area contributed by atoms with Gasteiger partial charge >= 0.3 is 5.97 Å². The summed E-state index contributed by atoms with van der Waals surface area (Å²) in [7, 11) is 0.892. The van der Waals surface area contributed by atoms with Gasteiger partial charge in [0, 0.05) is 47.2 Å². The third kappa shape index (κ3) is 18.1. The molecule has 4 saturated heterocycles. The molecule has 7 aromatic carbocycles. The summed E-state index contributed by atoms with van der Waals surface area (Å²) in [6.45, 7) is -0.144. The van der Waals surface area contributed by atoms with Gasteiger partial charge in [0.1, 0.15) is 156 Å². The van der Waals surface area contributed by atoms with Crippen LogP contribution in [0.3, 0.4) is 0 Å². The molecule has 43 nitrogen and oxygen atoms in total. The van der Waals surface area contributed by atoms with Crippen LogP contribution >= 0.6 is 11.6 Å². The zero-order chi connectivity index (χ0) is 91.6. The molecule has 684 valence electrons. The summed E-state index contributed by atoms with van der Waals surface area (Å²) in [5.41, 5.74) is 10.1. The van der Waals surface area contributed by atoms with Gasteiger partial charge < -0.3 is 182 Å². The van der Waals surface area contributed by atoms with Crippen molar-refractivity contribution < 1.29 is 172 Å². The molecule has 10 heterocycles. The summed E-state index contributed by atoms with van der Waals surface area (Å²) in [5, 5.41) is 194. The lowest BCUT2D eigenvalue weighted by molar-refractivity contribution is -0.277. The van der Waals surface area contributed by atoms with Crippen molar-refractivity contribution in [1.29, 1.82) is 0 Å².